The molecule has 1 fully saturated rings. The molecule has 3 aromatic carbocycles. The first kappa shape index (κ1) is 18.4. The van der Waals surface area contributed by atoms with Gasteiger partial charge in [-0.3, -0.25) is 4.79 Å². The maximum atomic E-state index is 12.8. The SMILES string of the molecule is CCOc1ccc(C(=O)N2CCCC2)cc1COc1cccc2ccccc12. The largest absolute Gasteiger partial charge is 0.493 e. The van der Waals surface area contributed by atoms with E-state index in [2.05, 4.69) is 18.2 Å². The van der Waals surface area contributed by atoms with E-state index in [0.717, 1.165) is 53.8 Å². The first-order valence-corrected chi connectivity index (χ1v) is 9.92. The molecular weight excluding hydrogens is 350 g/mol. The summed E-state index contributed by atoms with van der Waals surface area (Å²) >= 11 is 0. The third-order valence-electron chi connectivity index (χ3n) is 5.13. The summed E-state index contributed by atoms with van der Waals surface area (Å²) in [6, 6.07) is 19.9. The Balaban J connectivity index is 1.59. The standard InChI is InChI=1S/C24H25NO3/c1-2-27-22-13-12-19(24(26)25-14-5-6-15-25)16-20(22)17-28-23-11-7-9-18-8-3-4-10-21(18)23/h3-4,7-13,16H,2,5-6,14-15,17H2,1H3. The van der Waals surface area contributed by atoms with Crippen molar-refractivity contribution in [3.8, 4) is 11.5 Å². The number of amides is 1. The zero-order chi connectivity index (χ0) is 19.3. The van der Waals surface area contributed by atoms with Gasteiger partial charge in [-0.15, -0.1) is 0 Å². The minimum absolute atomic E-state index is 0.0898. The molecule has 1 saturated heterocycles. The number of benzene rings is 3. The second-order valence-corrected chi connectivity index (χ2v) is 7.02. The van der Waals surface area contributed by atoms with Gasteiger partial charge in [0, 0.05) is 29.6 Å². The van der Waals surface area contributed by atoms with Gasteiger partial charge in [-0.05, 0) is 49.4 Å². The van der Waals surface area contributed by atoms with Crippen molar-refractivity contribution in [1.82, 2.24) is 4.90 Å². The van der Waals surface area contributed by atoms with E-state index in [4.69, 9.17) is 9.47 Å². The third kappa shape index (κ3) is 3.81. The smallest absolute Gasteiger partial charge is 0.253 e. The van der Waals surface area contributed by atoms with Crippen LogP contribution in [0.5, 0.6) is 11.5 Å². The highest BCUT2D eigenvalue weighted by atomic mass is 16.5. The van der Waals surface area contributed by atoms with Crippen LogP contribution in [0.3, 0.4) is 0 Å². The van der Waals surface area contributed by atoms with Crippen molar-refractivity contribution in [3.63, 3.8) is 0 Å². The molecule has 3 aromatic rings. The van der Waals surface area contributed by atoms with Crippen molar-refractivity contribution in [2.24, 2.45) is 0 Å². The summed E-state index contributed by atoms with van der Waals surface area (Å²) in [6.45, 7) is 4.56. The topological polar surface area (TPSA) is 38.8 Å². The van der Waals surface area contributed by atoms with Crippen LogP contribution >= 0.6 is 0 Å². The molecular formula is C24H25NO3. The number of carbonyl (C=O) groups excluding carboxylic acids is 1. The number of ether oxygens (including phenoxy) is 2. The van der Waals surface area contributed by atoms with Gasteiger partial charge in [-0.2, -0.15) is 0 Å². The van der Waals surface area contributed by atoms with Crippen LogP contribution in [-0.2, 0) is 6.61 Å². The van der Waals surface area contributed by atoms with Crippen molar-refractivity contribution < 1.29 is 14.3 Å². The van der Waals surface area contributed by atoms with Gasteiger partial charge in [0.2, 0.25) is 0 Å². The minimum Gasteiger partial charge on any atom is -0.493 e. The number of fused-ring (bicyclic) bond motifs is 1. The lowest BCUT2D eigenvalue weighted by atomic mass is 10.1. The molecule has 0 unspecified atom stereocenters. The number of nitrogens with zero attached hydrogens (tertiary/aromatic N) is 1. The molecule has 0 saturated carbocycles. The fraction of sp³-hybridized carbons (Fsp3) is 0.292. The molecule has 4 heteroatoms. The number of hydrogen-bond acceptors (Lipinski definition) is 3. The average Bonchev–Trinajstić information content (AvgIpc) is 3.27. The summed E-state index contributed by atoms with van der Waals surface area (Å²) in [5.41, 5.74) is 1.58. The fourth-order valence-corrected chi connectivity index (χ4v) is 3.70. The predicted octanol–water partition coefficient (Wildman–Crippen LogP) is 5.05. The molecule has 0 radical (unpaired) electrons. The second kappa shape index (κ2) is 8.34. The zero-order valence-electron chi connectivity index (χ0n) is 16.2. The van der Waals surface area contributed by atoms with Gasteiger partial charge in [0.25, 0.3) is 5.91 Å². The van der Waals surface area contributed by atoms with Crippen LogP contribution in [0, 0.1) is 0 Å². The normalized spacial score (nSPS) is 13.7. The summed E-state index contributed by atoms with van der Waals surface area (Å²) in [5.74, 6) is 1.68. The van der Waals surface area contributed by atoms with Crippen LogP contribution in [0.15, 0.2) is 60.7 Å². The number of hydrogen-bond donors (Lipinski definition) is 0. The van der Waals surface area contributed by atoms with Crippen molar-refractivity contribution in [2.75, 3.05) is 19.7 Å². The van der Waals surface area contributed by atoms with Crippen LogP contribution in [-0.4, -0.2) is 30.5 Å². The Bertz CT molecular complexity index is 971. The molecule has 144 valence electrons. The maximum Gasteiger partial charge on any atom is 0.253 e. The van der Waals surface area contributed by atoms with Gasteiger partial charge >= 0.3 is 0 Å². The molecule has 1 aliphatic heterocycles. The van der Waals surface area contributed by atoms with Gasteiger partial charge in [0.15, 0.2) is 0 Å². The van der Waals surface area contributed by atoms with E-state index < -0.39 is 0 Å². The molecule has 1 aliphatic rings. The molecule has 1 heterocycles. The Morgan fingerprint density at radius 2 is 1.71 bits per heavy atom. The average molecular weight is 375 g/mol. The Hall–Kier alpha value is -3.01. The summed E-state index contributed by atoms with van der Waals surface area (Å²) in [6.07, 6.45) is 2.17. The van der Waals surface area contributed by atoms with E-state index in [1.807, 2.05) is 54.3 Å². The molecule has 4 rings (SSSR count). The lowest BCUT2D eigenvalue weighted by Gasteiger charge is -2.18. The lowest BCUT2D eigenvalue weighted by molar-refractivity contribution is 0.0792. The van der Waals surface area contributed by atoms with Gasteiger partial charge in [0.1, 0.15) is 18.1 Å². The zero-order valence-corrected chi connectivity index (χ0v) is 16.2. The van der Waals surface area contributed by atoms with Gasteiger partial charge in [-0.1, -0.05) is 36.4 Å². The van der Waals surface area contributed by atoms with E-state index in [0.29, 0.717) is 18.8 Å². The van der Waals surface area contributed by atoms with Gasteiger partial charge in [0.05, 0.1) is 6.61 Å². The van der Waals surface area contributed by atoms with Crippen LogP contribution in [0.1, 0.15) is 35.7 Å². The van der Waals surface area contributed by atoms with Gasteiger partial charge < -0.3 is 14.4 Å². The highest BCUT2D eigenvalue weighted by Crippen LogP contribution is 2.28. The molecule has 28 heavy (non-hydrogen) atoms. The molecule has 1 amide bonds. The molecule has 0 bridgehead atoms. The summed E-state index contributed by atoms with van der Waals surface area (Å²) in [5, 5.41) is 2.22. The Kier molecular flexibility index (Phi) is 5.47. The van der Waals surface area contributed by atoms with Crippen molar-refractivity contribution in [3.05, 3.63) is 71.8 Å². The predicted molar refractivity (Wildman–Crippen MR) is 111 cm³/mol. The number of likely N-dealkylation sites (tertiary alicyclic amines) is 1. The van der Waals surface area contributed by atoms with E-state index in [9.17, 15) is 4.79 Å². The molecule has 4 nitrogen and oxygen atoms in total. The molecule has 0 atom stereocenters. The van der Waals surface area contributed by atoms with Crippen LogP contribution in [0.25, 0.3) is 10.8 Å². The summed E-state index contributed by atoms with van der Waals surface area (Å²) in [4.78, 5) is 14.7. The van der Waals surface area contributed by atoms with E-state index >= 15 is 0 Å². The van der Waals surface area contributed by atoms with Gasteiger partial charge in [-0.25, -0.2) is 0 Å². The Morgan fingerprint density at radius 1 is 0.929 bits per heavy atom. The quantitative estimate of drug-likeness (QED) is 0.605. The van der Waals surface area contributed by atoms with Crippen LogP contribution in [0.2, 0.25) is 0 Å². The summed E-state index contributed by atoms with van der Waals surface area (Å²) < 4.78 is 11.9. The monoisotopic (exact) mass is 375 g/mol. The number of rotatable bonds is 6. The van der Waals surface area contributed by atoms with Crippen molar-refractivity contribution in [2.45, 2.75) is 26.4 Å². The Morgan fingerprint density at radius 3 is 2.54 bits per heavy atom. The first-order valence-electron chi connectivity index (χ1n) is 9.92. The third-order valence-corrected chi connectivity index (χ3v) is 5.13. The van der Waals surface area contributed by atoms with E-state index in [1.54, 1.807) is 0 Å². The molecule has 0 aliphatic carbocycles. The number of carbonyl (C=O) groups is 1. The Labute approximate surface area is 165 Å². The second-order valence-electron chi connectivity index (χ2n) is 7.02. The van der Waals surface area contributed by atoms with Crippen LogP contribution < -0.4 is 9.47 Å². The van der Waals surface area contributed by atoms with E-state index in [1.165, 1.54) is 0 Å². The summed E-state index contributed by atoms with van der Waals surface area (Å²) in [7, 11) is 0. The highest BCUT2D eigenvalue weighted by Gasteiger charge is 2.20. The molecule has 0 N–H and O–H groups in total. The maximum absolute atomic E-state index is 12.8. The molecule has 0 spiro atoms. The van der Waals surface area contributed by atoms with Crippen molar-refractivity contribution >= 4 is 16.7 Å². The fourth-order valence-electron chi connectivity index (χ4n) is 3.70. The highest BCUT2D eigenvalue weighted by molar-refractivity contribution is 5.94. The molecule has 0 aromatic heterocycles. The van der Waals surface area contributed by atoms with E-state index in [-0.39, 0.29) is 5.91 Å². The van der Waals surface area contributed by atoms with Crippen molar-refractivity contribution in [1.29, 1.82) is 0 Å². The van der Waals surface area contributed by atoms with Crippen LogP contribution in [0.4, 0.5) is 0 Å². The first-order chi connectivity index (χ1) is 13.8. The minimum atomic E-state index is 0.0898. The lowest BCUT2D eigenvalue weighted by Crippen LogP contribution is -2.27.